The molecule has 1 nitrogen and oxygen atoms in total. The Morgan fingerprint density at radius 1 is 1.46 bits per heavy atom. The summed E-state index contributed by atoms with van der Waals surface area (Å²) in [7, 11) is 0. The van der Waals surface area contributed by atoms with Crippen molar-refractivity contribution in [3.63, 3.8) is 0 Å². The van der Waals surface area contributed by atoms with Crippen molar-refractivity contribution >= 4 is 34.5 Å². The van der Waals surface area contributed by atoms with Crippen molar-refractivity contribution in [3.05, 3.63) is 40.7 Å². The monoisotopic (exact) mass is 218 g/mol. The van der Waals surface area contributed by atoms with Gasteiger partial charge in [0.05, 0.1) is 10.1 Å². The predicted octanol–water partition coefficient (Wildman–Crippen LogP) is 3.26. The Labute approximate surface area is 84.8 Å². The van der Waals surface area contributed by atoms with Gasteiger partial charge in [0.1, 0.15) is 12.1 Å². The summed E-state index contributed by atoms with van der Waals surface area (Å²) in [6.07, 6.45) is 1.73. The number of benzene rings is 1. The third-order valence-electron chi connectivity index (χ3n) is 1.41. The molecule has 0 aliphatic heterocycles. The fourth-order valence-electron chi connectivity index (χ4n) is 0.801. The highest BCUT2D eigenvalue weighted by Gasteiger charge is 2.02. The first-order valence-electron chi connectivity index (χ1n) is 3.41. The van der Waals surface area contributed by atoms with Crippen LogP contribution < -0.4 is 0 Å². The van der Waals surface area contributed by atoms with Crippen molar-refractivity contribution in [1.29, 1.82) is 0 Å². The molecule has 13 heavy (non-hydrogen) atoms. The Bertz CT molecular complexity index is 361. The van der Waals surface area contributed by atoms with Gasteiger partial charge in [0.2, 0.25) is 0 Å². The normalized spacial score (nSPS) is 11.5. The quantitative estimate of drug-likeness (QED) is 0.551. The molecule has 0 radical (unpaired) electrons. The minimum atomic E-state index is -0.513. The van der Waals surface area contributed by atoms with E-state index in [1.807, 2.05) is 0 Å². The van der Waals surface area contributed by atoms with Crippen molar-refractivity contribution in [2.75, 3.05) is 0 Å². The van der Waals surface area contributed by atoms with Gasteiger partial charge >= 0.3 is 0 Å². The maximum Gasteiger partial charge on any atom is 0.144 e. The van der Waals surface area contributed by atoms with Gasteiger partial charge in [-0.05, 0) is 23.8 Å². The summed E-state index contributed by atoms with van der Waals surface area (Å²) in [6, 6.07) is 4.00. The van der Waals surface area contributed by atoms with Crippen LogP contribution in [-0.4, -0.2) is 6.29 Å². The van der Waals surface area contributed by atoms with Crippen LogP contribution in [0.3, 0.4) is 0 Å². The van der Waals surface area contributed by atoms with Gasteiger partial charge in [-0.1, -0.05) is 29.3 Å². The molecule has 0 heterocycles. The number of carbonyl (C=O) groups excluding carboxylic acids is 1. The Kier molecular flexibility index (Phi) is 3.46. The number of allylic oxidation sites excluding steroid dienone is 1. The lowest BCUT2D eigenvalue weighted by Crippen LogP contribution is -1.81. The summed E-state index contributed by atoms with van der Waals surface area (Å²) < 4.78 is 12.7. The molecule has 0 aliphatic rings. The number of rotatable bonds is 2. The largest absolute Gasteiger partial charge is 0.299 e. The summed E-state index contributed by atoms with van der Waals surface area (Å²) in [5, 5.41) is 0.215. The van der Waals surface area contributed by atoms with Crippen molar-refractivity contribution in [2.24, 2.45) is 0 Å². The topological polar surface area (TPSA) is 17.1 Å². The van der Waals surface area contributed by atoms with Gasteiger partial charge in [0.15, 0.2) is 0 Å². The lowest BCUT2D eigenvalue weighted by molar-refractivity contribution is -0.104. The van der Waals surface area contributed by atoms with Crippen molar-refractivity contribution in [3.8, 4) is 0 Å². The predicted molar refractivity (Wildman–Crippen MR) is 51.3 cm³/mol. The van der Waals surface area contributed by atoms with Gasteiger partial charge in [0, 0.05) is 0 Å². The molecule has 0 spiro atoms. The van der Waals surface area contributed by atoms with Gasteiger partial charge in [-0.3, -0.25) is 4.79 Å². The van der Waals surface area contributed by atoms with Crippen LogP contribution >= 0.6 is 23.2 Å². The Balaban J connectivity index is 3.10. The van der Waals surface area contributed by atoms with Crippen molar-refractivity contribution in [1.82, 2.24) is 0 Å². The lowest BCUT2D eigenvalue weighted by Gasteiger charge is -1.99. The average Bonchev–Trinajstić information content (AvgIpc) is 2.10. The van der Waals surface area contributed by atoms with Crippen LogP contribution in [0.1, 0.15) is 5.56 Å². The molecule has 0 bridgehead atoms. The van der Waals surface area contributed by atoms with Crippen LogP contribution in [0.15, 0.2) is 24.3 Å². The first-order chi connectivity index (χ1) is 6.15. The maximum absolute atomic E-state index is 12.7. The van der Waals surface area contributed by atoms with Crippen LogP contribution in [0.5, 0.6) is 0 Å². The third kappa shape index (κ3) is 2.54. The van der Waals surface area contributed by atoms with E-state index in [9.17, 15) is 9.18 Å². The summed E-state index contributed by atoms with van der Waals surface area (Å²) in [6.45, 7) is 0. The number of carbonyl (C=O) groups is 1. The Morgan fingerprint density at radius 3 is 2.69 bits per heavy atom. The average molecular weight is 219 g/mol. The van der Waals surface area contributed by atoms with Gasteiger partial charge in [-0.25, -0.2) is 4.39 Å². The van der Waals surface area contributed by atoms with Gasteiger partial charge in [-0.15, -0.1) is 0 Å². The van der Waals surface area contributed by atoms with Crippen LogP contribution in [0, 0.1) is 5.82 Å². The van der Waals surface area contributed by atoms with Crippen LogP contribution in [0.4, 0.5) is 4.39 Å². The van der Waals surface area contributed by atoms with E-state index >= 15 is 0 Å². The summed E-state index contributed by atoms with van der Waals surface area (Å²) >= 11 is 11.2. The van der Waals surface area contributed by atoms with E-state index in [1.54, 1.807) is 0 Å². The highest BCUT2D eigenvalue weighted by molar-refractivity contribution is 6.49. The van der Waals surface area contributed by atoms with Crippen LogP contribution in [0.2, 0.25) is 5.02 Å². The number of aldehydes is 1. The molecule has 1 aromatic carbocycles. The molecule has 0 saturated heterocycles. The molecule has 1 aromatic rings. The molecule has 0 N–H and O–H groups in total. The molecule has 68 valence electrons. The molecular formula is C9H5Cl2FO. The summed E-state index contributed by atoms with van der Waals surface area (Å²) in [4.78, 5) is 10.1. The minimum absolute atomic E-state index is 0.0186. The smallest absolute Gasteiger partial charge is 0.144 e. The van der Waals surface area contributed by atoms with E-state index in [0.717, 1.165) is 0 Å². The van der Waals surface area contributed by atoms with E-state index in [0.29, 0.717) is 11.8 Å². The molecule has 0 saturated carbocycles. The number of halogens is 3. The zero-order chi connectivity index (χ0) is 9.84. The molecule has 0 fully saturated rings. The standard InChI is InChI=1S/C9H5Cl2FO/c10-7(3-4-13)6-1-2-9(12)8(11)5-6/h1-5H/b7-3-. The Hall–Kier alpha value is -0.860. The minimum Gasteiger partial charge on any atom is -0.299 e. The second kappa shape index (κ2) is 4.40. The second-order valence-corrected chi connectivity index (χ2v) is 3.09. The zero-order valence-corrected chi connectivity index (χ0v) is 7.94. The second-order valence-electron chi connectivity index (χ2n) is 2.28. The van der Waals surface area contributed by atoms with Crippen molar-refractivity contribution < 1.29 is 9.18 Å². The van der Waals surface area contributed by atoms with Crippen molar-refractivity contribution in [2.45, 2.75) is 0 Å². The molecule has 0 unspecified atom stereocenters. The summed E-state index contributed by atoms with van der Waals surface area (Å²) in [5.41, 5.74) is 0.514. The van der Waals surface area contributed by atoms with E-state index in [4.69, 9.17) is 23.2 Å². The molecule has 1 rings (SSSR count). The first kappa shape index (κ1) is 10.2. The van der Waals surface area contributed by atoms with E-state index in [2.05, 4.69) is 0 Å². The highest BCUT2D eigenvalue weighted by Crippen LogP contribution is 2.23. The molecule has 0 atom stereocenters. The molecular weight excluding hydrogens is 214 g/mol. The lowest BCUT2D eigenvalue weighted by atomic mass is 10.2. The van der Waals surface area contributed by atoms with Crippen LogP contribution in [-0.2, 0) is 4.79 Å². The van der Waals surface area contributed by atoms with Crippen LogP contribution in [0.25, 0.3) is 5.03 Å². The molecule has 0 aromatic heterocycles. The molecule has 0 amide bonds. The number of hydrogen-bond acceptors (Lipinski definition) is 1. The zero-order valence-electron chi connectivity index (χ0n) is 6.43. The molecule has 4 heteroatoms. The Morgan fingerprint density at radius 2 is 2.15 bits per heavy atom. The maximum atomic E-state index is 12.7. The van der Waals surface area contributed by atoms with Gasteiger partial charge in [0.25, 0.3) is 0 Å². The van der Waals surface area contributed by atoms with Gasteiger partial charge in [-0.2, -0.15) is 0 Å². The van der Waals surface area contributed by atoms with Gasteiger partial charge < -0.3 is 0 Å². The SMILES string of the molecule is O=C/C=C(\Cl)c1ccc(F)c(Cl)c1. The number of hydrogen-bond donors (Lipinski definition) is 0. The molecule has 0 aliphatic carbocycles. The summed E-state index contributed by atoms with van der Waals surface area (Å²) in [5.74, 6) is -0.513. The third-order valence-corrected chi connectivity index (χ3v) is 2.04. The van der Waals surface area contributed by atoms with E-state index in [1.165, 1.54) is 24.3 Å². The fraction of sp³-hybridized carbons (Fsp3) is 0. The van der Waals surface area contributed by atoms with E-state index < -0.39 is 5.82 Å². The highest BCUT2D eigenvalue weighted by atomic mass is 35.5. The van der Waals surface area contributed by atoms with E-state index in [-0.39, 0.29) is 10.1 Å². The first-order valence-corrected chi connectivity index (χ1v) is 4.17. The fourth-order valence-corrected chi connectivity index (χ4v) is 1.15.